The molecule has 4 heterocycles. The number of esters is 1. The van der Waals surface area contributed by atoms with Gasteiger partial charge in [0.2, 0.25) is 23.6 Å². The summed E-state index contributed by atoms with van der Waals surface area (Å²) >= 11 is -3.21. The molecule has 0 aliphatic carbocycles. The SMILES string of the molecule is CC(C)CC(=O)N[C@H](C(=O)N[C@H](C(=O)N[C@@H](CC(C)C)[C@@H](O)CC(=O)C[C@@H](C)C(=O)N[C@@H](CC(C)C)[C@@H](O)CC(=O)CCCC(=O)c1ccc2c(c1)C1(OC2=O)c2ccc(N3CC(O)C3)c[c]2[Ge]([CH3])([CH3])[c]2cc(N3CC(O)C3)ccc21)C(C)C)C(C)C. The normalized spacial score (nSPS) is 18.4. The first-order valence-electron chi connectivity index (χ1n) is 31.5. The predicted octanol–water partition coefficient (Wildman–Crippen LogP) is 5.06. The van der Waals surface area contributed by atoms with Crippen LogP contribution < -0.4 is 39.9 Å². The molecular weight excluding hydrogens is 1170 g/mol. The number of anilines is 2. The van der Waals surface area contributed by atoms with Gasteiger partial charge >= 0.3 is 254 Å². The number of hydrogen-bond donors (Lipinski definition) is 8. The van der Waals surface area contributed by atoms with Crippen LogP contribution in [0.15, 0.2) is 54.6 Å². The van der Waals surface area contributed by atoms with Crippen molar-refractivity contribution in [2.75, 3.05) is 36.0 Å². The van der Waals surface area contributed by atoms with Crippen LogP contribution >= 0.6 is 0 Å². The van der Waals surface area contributed by atoms with Crippen molar-refractivity contribution in [1.82, 2.24) is 21.3 Å². The molecule has 1 spiro atoms. The topological polar surface area (TPSA) is 281 Å². The van der Waals surface area contributed by atoms with E-state index in [-0.39, 0.29) is 92.0 Å². The molecule has 8 N–H and O–H groups in total. The number of nitrogens with one attached hydrogen (secondary N) is 4. The van der Waals surface area contributed by atoms with Gasteiger partial charge in [0.25, 0.3) is 0 Å². The summed E-state index contributed by atoms with van der Waals surface area (Å²) in [6.07, 6.45) is -3.28. The summed E-state index contributed by atoms with van der Waals surface area (Å²) in [6.45, 7) is 22.2. The van der Waals surface area contributed by atoms with Crippen molar-refractivity contribution >= 4 is 80.4 Å². The second-order valence-corrected chi connectivity index (χ2v) is 36.7. The number of β-amino-alcohol motifs (C(OH)–C–C–N with tert-alkyl or cyclic N) is 2. The van der Waals surface area contributed by atoms with Crippen LogP contribution in [0.4, 0.5) is 11.4 Å². The van der Waals surface area contributed by atoms with Gasteiger partial charge < -0.3 is 31.5 Å². The van der Waals surface area contributed by atoms with Crippen molar-refractivity contribution in [3.8, 4) is 0 Å². The van der Waals surface area contributed by atoms with Crippen LogP contribution in [0.5, 0.6) is 0 Å². The van der Waals surface area contributed by atoms with Crippen LogP contribution in [0.3, 0.4) is 0 Å². The molecule has 7 rings (SSSR count). The van der Waals surface area contributed by atoms with Gasteiger partial charge in [-0.3, -0.25) is 24.0 Å². The van der Waals surface area contributed by atoms with Crippen molar-refractivity contribution in [3.63, 3.8) is 0 Å². The molecule has 0 aromatic heterocycles. The molecule has 4 amide bonds. The first-order chi connectivity index (χ1) is 40.8. The number of fused-ring (bicyclic) bond motifs is 6. The molecule has 20 heteroatoms. The Morgan fingerprint density at radius 2 is 1.06 bits per heavy atom. The van der Waals surface area contributed by atoms with Gasteiger partial charge in [-0.25, -0.2) is 0 Å². The van der Waals surface area contributed by atoms with Crippen molar-refractivity contribution in [2.45, 2.75) is 200 Å². The second kappa shape index (κ2) is 28.7. The Bertz CT molecular complexity index is 2970. The zero-order valence-electron chi connectivity index (χ0n) is 53.3. The molecule has 0 radical (unpaired) electrons. The average Bonchev–Trinajstić information content (AvgIpc) is 1.66. The van der Waals surface area contributed by atoms with E-state index in [1.807, 2.05) is 65.8 Å². The Balaban J connectivity index is 0.956. The molecule has 0 unspecified atom stereocenters. The summed E-state index contributed by atoms with van der Waals surface area (Å²) in [5.41, 5.74) is 3.56. The molecular formula is C67H96GeN6O13. The maximum Gasteiger partial charge on any atom is -0.0176 e. The number of nitrogens with zero attached hydrogens (tertiary/aromatic N) is 2. The van der Waals surface area contributed by atoms with E-state index < -0.39 is 103 Å². The van der Waals surface area contributed by atoms with Crippen LogP contribution in [0.25, 0.3) is 0 Å². The molecule has 476 valence electrons. The van der Waals surface area contributed by atoms with Gasteiger partial charge in [0.15, 0.2) is 0 Å². The molecule has 2 saturated heterocycles. The largest absolute Gasteiger partial charge is 0.0603 e. The maximum atomic E-state index is 14.1. The van der Waals surface area contributed by atoms with Gasteiger partial charge in [-0.1, -0.05) is 76.2 Å². The monoisotopic (exact) mass is 1270 g/mol. The van der Waals surface area contributed by atoms with E-state index in [2.05, 4.69) is 54.7 Å². The van der Waals surface area contributed by atoms with E-state index in [4.69, 9.17) is 4.74 Å². The fourth-order valence-corrected chi connectivity index (χ4v) is 19.3. The van der Waals surface area contributed by atoms with Crippen molar-refractivity contribution in [1.29, 1.82) is 0 Å². The Labute approximate surface area is 516 Å². The fourth-order valence-electron chi connectivity index (χ4n) is 12.7. The Hall–Kier alpha value is -6.00. The third-order valence-corrected chi connectivity index (χ3v) is 25.0. The van der Waals surface area contributed by atoms with Crippen molar-refractivity contribution in [3.05, 3.63) is 82.4 Å². The van der Waals surface area contributed by atoms with E-state index in [0.717, 1.165) is 31.3 Å². The predicted molar refractivity (Wildman–Crippen MR) is 337 cm³/mol. The molecule has 4 aliphatic heterocycles. The van der Waals surface area contributed by atoms with E-state index in [1.165, 1.54) is 0 Å². The van der Waals surface area contributed by atoms with Gasteiger partial charge in [0.1, 0.15) is 17.9 Å². The smallest absolute Gasteiger partial charge is 0.0176 e. The zero-order valence-corrected chi connectivity index (χ0v) is 55.4. The first kappa shape index (κ1) is 68.5. The van der Waals surface area contributed by atoms with E-state index in [0.29, 0.717) is 55.7 Å². The summed E-state index contributed by atoms with van der Waals surface area (Å²) < 4.78 is 8.85. The first-order valence-corrected chi connectivity index (χ1v) is 37.8. The molecule has 19 nitrogen and oxygen atoms in total. The van der Waals surface area contributed by atoms with Crippen LogP contribution in [-0.4, -0.2) is 155 Å². The second-order valence-electron chi connectivity index (χ2n) is 27.6. The number of carbonyl (C=O) groups excluding carboxylic acids is 8. The average molecular weight is 1270 g/mol. The summed E-state index contributed by atoms with van der Waals surface area (Å²) in [5, 5.41) is 54.7. The third-order valence-electron chi connectivity index (χ3n) is 17.6. The van der Waals surface area contributed by atoms with Crippen LogP contribution in [0, 0.1) is 35.5 Å². The molecule has 2 fully saturated rings. The van der Waals surface area contributed by atoms with Gasteiger partial charge in [-0.15, -0.1) is 0 Å². The van der Waals surface area contributed by atoms with Crippen molar-refractivity contribution < 1.29 is 63.5 Å². The Morgan fingerprint density at radius 1 is 0.575 bits per heavy atom. The minimum atomic E-state index is -3.21. The van der Waals surface area contributed by atoms with E-state index >= 15 is 0 Å². The molecule has 87 heavy (non-hydrogen) atoms. The molecule has 0 saturated carbocycles. The fraction of sp³-hybridized carbons (Fsp3) is 0.612. The van der Waals surface area contributed by atoms with Crippen LogP contribution in [0.1, 0.15) is 171 Å². The number of ether oxygens (including phenoxy) is 1. The Morgan fingerprint density at radius 3 is 1.54 bits per heavy atom. The van der Waals surface area contributed by atoms with Crippen LogP contribution in [-0.2, 0) is 39.1 Å². The van der Waals surface area contributed by atoms with Gasteiger partial charge in [0, 0.05) is 25.2 Å². The summed E-state index contributed by atoms with van der Waals surface area (Å²) in [5.74, 6) is -0.139. The standard InChI is InChI=1S/C67H96GeN6O13/c1-36(2)23-55(69-63(83)41(11)26-46(76)31-59(81)56(24-37(3)4)70-64(84)62(40(9)10)72-65(85)61(39(7)8)71-60(82)25-38(5)6)58(80)30-45(75)15-14-16-57(79)42-17-20-49-52(27-42)67(87-66(49)86)50-21-18-43(73-32-47(77)33-73)28-53(50)68(12,13)54-29-44(19-22-51(54)67)74-34-48(78)35-74/h17-22,27-29,36-41,47-48,55-56,58-59,61-62,77-78,80-81H,14-16,23-26,30-35H2,1-13H3,(H,69,83)(H,70,84)(H,71,82)(H,72,85)/t41-,55+,56+,58+,59+,61+,62+/m1/s1. The molecule has 4 aliphatic rings. The van der Waals surface area contributed by atoms with Gasteiger partial charge in [0.05, 0.1) is 24.3 Å². The quantitative estimate of drug-likeness (QED) is 0.0246. The van der Waals surface area contributed by atoms with E-state index in [1.54, 1.807) is 52.8 Å². The number of hydrogen-bond acceptors (Lipinski definition) is 15. The Kier molecular flexibility index (Phi) is 22.6. The zero-order chi connectivity index (χ0) is 64.1. The number of benzene rings is 3. The van der Waals surface area contributed by atoms with Gasteiger partial charge in [-0.05, 0) is 42.4 Å². The summed E-state index contributed by atoms with van der Waals surface area (Å²) in [6, 6.07) is 13.8. The minimum Gasteiger partial charge on any atom is -0.0603 e. The molecule has 3 aromatic rings. The minimum absolute atomic E-state index is 0.00122. The molecule has 3 aromatic carbocycles. The molecule has 7 atom stereocenters. The maximum absolute atomic E-state index is 14.1. The van der Waals surface area contributed by atoms with Crippen LogP contribution in [0.2, 0.25) is 11.5 Å². The number of amides is 4. The molecule has 0 bridgehead atoms. The third kappa shape index (κ3) is 16.1. The number of aliphatic hydroxyl groups is 4. The number of aliphatic hydroxyl groups excluding tert-OH is 4. The summed E-state index contributed by atoms with van der Waals surface area (Å²) in [4.78, 5) is 113. The number of rotatable bonds is 30. The summed E-state index contributed by atoms with van der Waals surface area (Å²) in [7, 11) is 0. The number of ketones is 3. The number of Topliss-reactive ketones (excluding diaryl/α,β-unsaturated/α-hetero) is 3. The van der Waals surface area contributed by atoms with E-state index in [9.17, 15) is 58.8 Å². The van der Waals surface area contributed by atoms with Crippen molar-refractivity contribution in [2.24, 2.45) is 35.5 Å². The number of carbonyl (C=O) groups is 8. The van der Waals surface area contributed by atoms with Gasteiger partial charge in [-0.2, -0.15) is 0 Å².